The van der Waals surface area contributed by atoms with Crippen molar-refractivity contribution >= 4 is 36.1 Å². The highest BCUT2D eigenvalue weighted by molar-refractivity contribution is 5.73. The molecule has 0 aliphatic heterocycles. The van der Waals surface area contributed by atoms with Gasteiger partial charge in [-0.25, -0.2) is 0 Å². The molecule has 3 aromatic carbocycles. The molecule has 2 nitrogen and oxygen atoms in total. The molecule has 37 heavy (non-hydrogen) atoms. The van der Waals surface area contributed by atoms with Gasteiger partial charge in [0.05, 0.1) is 0 Å². The number of hydrogen-bond acceptors (Lipinski definition) is 2. The maximum Gasteiger partial charge on any atom is 0.0361 e. The van der Waals surface area contributed by atoms with Crippen molar-refractivity contribution < 1.29 is 0 Å². The van der Waals surface area contributed by atoms with Gasteiger partial charge < -0.3 is 9.80 Å². The Morgan fingerprint density at radius 3 is 1.32 bits per heavy atom. The minimum Gasteiger partial charge on any atom is -0.378 e. The van der Waals surface area contributed by atoms with Crippen LogP contribution in [0.2, 0.25) is 0 Å². The summed E-state index contributed by atoms with van der Waals surface area (Å²) in [5.41, 5.74) is 8.56. The van der Waals surface area contributed by atoms with E-state index in [1.54, 1.807) is 0 Å². The Kier molecular flexibility index (Phi) is 8.30. The standard InChI is InChI=1S/C35H38N2/c1-35(26-23-34(24-27-35)37(4)5)25-22-32-16-14-30(15-17-32)11-10-28-6-8-29(9-7-28)12-13-31-18-20-33(21-19-31)36(2)3/h6-26H,27H2,1-5H3/b11-10+,13-12+,25-22+. The summed E-state index contributed by atoms with van der Waals surface area (Å²) in [7, 11) is 8.29. The van der Waals surface area contributed by atoms with Crippen LogP contribution >= 0.6 is 0 Å². The molecule has 0 spiro atoms. The lowest BCUT2D eigenvalue weighted by Crippen LogP contribution is -2.17. The predicted molar refractivity (Wildman–Crippen MR) is 164 cm³/mol. The molecule has 4 rings (SSSR count). The molecule has 0 bridgehead atoms. The van der Waals surface area contributed by atoms with Crippen molar-refractivity contribution in [2.45, 2.75) is 13.3 Å². The van der Waals surface area contributed by atoms with E-state index in [-0.39, 0.29) is 5.41 Å². The van der Waals surface area contributed by atoms with Crippen molar-refractivity contribution in [3.63, 3.8) is 0 Å². The molecule has 0 saturated carbocycles. The van der Waals surface area contributed by atoms with E-state index >= 15 is 0 Å². The van der Waals surface area contributed by atoms with Gasteiger partial charge in [0.15, 0.2) is 0 Å². The first-order chi connectivity index (χ1) is 17.8. The molecule has 0 heterocycles. The van der Waals surface area contributed by atoms with Crippen LogP contribution in [0.5, 0.6) is 0 Å². The number of hydrogen-bond donors (Lipinski definition) is 0. The molecule has 0 aromatic heterocycles. The minimum atomic E-state index is 0.0656. The average molecular weight is 487 g/mol. The van der Waals surface area contributed by atoms with E-state index < -0.39 is 0 Å². The molecule has 1 aliphatic rings. The third-order valence-corrected chi connectivity index (χ3v) is 6.78. The fourth-order valence-electron chi connectivity index (χ4n) is 4.18. The van der Waals surface area contributed by atoms with Gasteiger partial charge in [0.2, 0.25) is 0 Å². The van der Waals surface area contributed by atoms with Gasteiger partial charge in [-0.1, -0.05) is 116 Å². The number of likely N-dealkylation sites (N-methyl/N-ethyl adjacent to an activating group) is 1. The molecule has 2 heteroatoms. The number of rotatable bonds is 8. The summed E-state index contributed by atoms with van der Waals surface area (Å²) in [5, 5.41) is 0. The van der Waals surface area contributed by atoms with Gasteiger partial charge in [0.1, 0.15) is 0 Å². The van der Waals surface area contributed by atoms with Crippen molar-refractivity contribution in [3.05, 3.63) is 131 Å². The first-order valence-electron chi connectivity index (χ1n) is 12.9. The van der Waals surface area contributed by atoms with Crippen molar-refractivity contribution in [2.24, 2.45) is 5.41 Å². The van der Waals surface area contributed by atoms with Crippen molar-refractivity contribution in [1.82, 2.24) is 4.90 Å². The molecule has 3 aromatic rings. The fourth-order valence-corrected chi connectivity index (χ4v) is 4.18. The summed E-state index contributed by atoms with van der Waals surface area (Å²) in [6.07, 6.45) is 21.0. The molecule has 0 fully saturated rings. The van der Waals surface area contributed by atoms with E-state index in [1.807, 2.05) is 0 Å². The van der Waals surface area contributed by atoms with Crippen LogP contribution in [0.1, 0.15) is 41.2 Å². The van der Waals surface area contributed by atoms with E-state index in [4.69, 9.17) is 0 Å². The van der Waals surface area contributed by atoms with Crippen LogP contribution in [-0.4, -0.2) is 33.1 Å². The maximum absolute atomic E-state index is 2.31. The third kappa shape index (κ3) is 7.47. The van der Waals surface area contributed by atoms with Crippen LogP contribution in [0.15, 0.2) is 103 Å². The molecule has 0 saturated heterocycles. The van der Waals surface area contributed by atoms with E-state index in [9.17, 15) is 0 Å². The summed E-state index contributed by atoms with van der Waals surface area (Å²) in [6.45, 7) is 2.28. The normalized spacial score (nSPS) is 17.6. The first-order valence-corrected chi connectivity index (χ1v) is 12.9. The summed E-state index contributed by atoms with van der Waals surface area (Å²) >= 11 is 0. The zero-order valence-electron chi connectivity index (χ0n) is 22.7. The predicted octanol–water partition coefficient (Wildman–Crippen LogP) is 8.52. The zero-order valence-corrected chi connectivity index (χ0v) is 22.7. The Morgan fingerprint density at radius 1 is 0.568 bits per heavy atom. The Balaban J connectivity index is 1.32. The highest BCUT2D eigenvalue weighted by Gasteiger charge is 2.19. The largest absolute Gasteiger partial charge is 0.378 e. The minimum absolute atomic E-state index is 0.0656. The smallest absolute Gasteiger partial charge is 0.0361 e. The lowest BCUT2D eigenvalue weighted by molar-refractivity contribution is 0.492. The lowest BCUT2D eigenvalue weighted by Gasteiger charge is -2.27. The number of benzene rings is 3. The molecule has 0 N–H and O–H groups in total. The topological polar surface area (TPSA) is 6.48 Å². The first kappa shape index (κ1) is 26.0. The molecule has 0 amide bonds. The monoisotopic (exact) mass is 486 g/mol. The van der Waals surface area contributed by atoms with Crippen molar-refractivity contribution in [1.29, 1.82) is 0 Å². The molecule has 0 radical (unpaired) electrons. The second kappa shape index (κ2) is 11.8. The highest BCUT2D eigenvalue weighted by Crippen LogP contribution is 2.32. The van der Waals surface area contributed by atoms with Crippen molar-refractivity contribution in [2.75, 3.05) is 33.1 Å². The second-order valence-electron chi connectivity index (χ2n) is 10.4. The average Bonchev–Trinajstić information content (AvgIpc) is 2.91. The van der Waals surface area contributed by atoms with Crippen LogP contribution in [0.4, 0.5) is 5.69 Å². The number of nitrogens with zero attached hydrogens (tertiary/aromatic N) is 2. The molecule has 1 atom stereocenters. The summed E-state index contributed by atoms with van der Waals surface area (Å²) in [4.78, 5) is 4.27. The van der Waals surface area contributed by atoms with Crippen LogP contribution < -0.4 is 4.90 Å². The SMILES string of the molecule is CN(C)C1=CCC(C)(/C=C/c2ccc(/C=C/c3ccc(/C=C/c4ccc(N(C)C)cc4)cc3)cc2)C=C1. The highest BCUT2D eigenvalue weighted by atomic mass is 15.1. The zero-order chi connectivity index (χ0) is 26.3. The van der Waals surface area contributed by atoms with Gasteiger partial charge in [-0.05, 0) is 52.4 Å². The summed E-state index contributed by atoms with van der Waals surface area (Å²) in [6, 6.07) is 26.0. The second-order valence-corrected chi connectivity index (χ2v) is 10.4. The fraction of sp³-hybridized carbons (Fsp3) is 0.200. The van der Waals surface area contributed by atoms with Crippen LogP contribution in [-0.2, 0) is 0 Å². The van der Waals surface area contributed by atoms with E-state index in [0.29, 0.717) is 0 Å². The summed E-state index contributed by atoms with van der Waals surface area (Å²) in [5.74, 6) is 0. The van der Waals surface area contributed by atoms with Crippen LogP contribution in [0.3, 0.4) is 0 Å². The van der Waals surface area contributed by atoms with Gasteiger partial charge in [0, 0.05) is 45.0 Å². The molecule has 1 unspecified atom stereocenters. The Bertz CT molecular complexity index is 1320. The summed E-state index contributed by atoms with van der Waals surface area (Å²) < 4.78 is 0. The maximum atomic E-state index is 2.31. The van der Waals surface area contributed by atoms with Crippen LogP contribution in [0.25, 0.3) is 30.4 Å². The van der Waals surface area contributed by atoms with Gasteiger partial charge >= 0.3 is 0 Å². The quantitative estimate of drug-likeness (QED) is 0.294. The van der Waals surface area contributed by atoms with Gasteiger partial charge in [-0.15, -0.1) is 0 Å². The number of anilines is 1. The lowest BCUT2D eigenvalue weighted by atomic mass is 9.82. The van der Waals surface area contributed by atoms with E-state index in [2.05, 4.69) is 172 Å². The van der Waals surface area contributed by atoms with E-state index in [1.165, 1.54) is 39.2 Å². The van der Waals surface area contributed by atoms with Gasteiger partial charge in [0.25, 0.3) is 0 Å². The van der Waals surface area contributed by atoms with Gasteiger partial charge in [-0.3, -0.25) is 0 Å². The molecule has 188 valence electrons. The van der Waals surface area contributed by atoms with Crippen molar-refractivity contribution in [3.8, 4) is 0 Å². The molecular formula is C35H38N2. The number of allylic oxidation sites excluding steroid dienone is 4. The van der Waals surface area contributed by atoms with Gasteiger partial charge in [-0.2, -0.15) is 0 Å². The Labute approximate surface area is 223 Å². The van der Waals surface area contributed by atoms with E-state index in [0.717, 1.165) is 6.42 Å². The Hall–Kier alpha value is -4.04. The molecular weight excluding hydrogens is 448 g/mol. The Morgan fingerprint density at radius 2 is 0.973 bits per heavy atom. The third-order valence-electron chi connectivity index (χ3n) is 6.78. The molecule has 1 aliphatic carbocycles. The van der Waals surface area contributed by atoms with Crippen LogP contribution in [0, 0.1) is 5.41 Å².